The van der Waals surface area contributed by atoms with Crippen LogP contribution in [0.1, 0.15) is 12.8 Å². The lowest BCUT2D eigenvalue weighted by Gasteiger charge is -2.29. The number of alkyl halides is 2. The maximum atomic E-state index is 15.9. The van der Waals surface area contributed by atoms with E-state index in [0.29, 0.717) is 46.1 Å². The van der Waals surface area contributed by atoms with Crippen molar-refractivity contribution in [3.63, 3.8) is 0 Å². The van der Waals surface area contributed by atoms with Gasteiger partial charge in [-0.15, -0.1) is 0 Å². The number of hydrogen-bond donors (Lipinski definition) is 2. The van der Waals surface area contributed by atoms with Crippen LogP contribution in [0.4, 0.5) is 37.7 Å². The average Bonchev–Trinajstić information content (AvgIpc) is 3.76. The van der Waals surface area contributed by atoms with Gasteiger partial charge in [0.25, 0.3) is 0 Å². The van der Waals surface area contributed by atoms with Gasteiger partial charge in [0.05, 0.1) is 25.7 Å². The highest BCUT2D eigenvalue weighted by Gasteiger charge is 2.25. The lowest BCUT2D eigenvalue weighted by molar-refractivity contribution is 0.493. The predicted octanol–water partition coefficient (Wildman–Crippen LogP) is 6.81. The Morgan fingerprint density at radius 2 is 1.41 bits per heavy atom. The molecule has 14 heteroatoms. The predicted molar refractivity (Wildman–Crippen MR) is 163 cm³/mol. The molecule has 4 aromatic rings. The number of benzene rings is 2. The SMILES string of the molecule is CF.CF.Fc1cc(NSN2CCCC2)c(F)c(-c2cn(-c3ccc(N4CCNCC4)c(F)c3F)nc2-c2ccncc2)c1. The Morgan fingerprint density at radius 3 is 2.09 bits per heavy atom. The first-order chi connectivity index (χ1) is 21.5. The van der Waals surface area contributed by atoms with Crippen LogP contribution in [0, 0.1) is 23.3 Å². The number of piperazine rings is 1. The third kappa shape index (κ3) is 7.30. The maximum Gasteiger partial charge on any atom is 0.186 e. The molecule has 0 bridgehead atoms. The minimum atomic E-state index is -1.07. The second kappa shape index (κ2) is 15.8. The summed E-state index contributed by atoms with van der Waals surface area (Å²) in [4.78, 5) is 5.81. The highest BCUT2D eigenvalue weighted by Crippen LogP contribution is 2.38. The van der Waals surface area contributed by atoms with E-state index in [-0.39, 0.29) is 33.9 Å². The van der Waals surface area contributed by atoms with Gasteiger partial charge in [0.2, 0.25) is 0 Å². The highest BCUT2D eigenvalue weighted by molar-refractivity contribution is 7.98. The number of halogens is 6. The van der Waals surface area contributed by atoms with Crippen LogP contribution >= 0.6 is 12.1 Å². The molecule has 44 heavy (non-hydrogen) atoms. The summed E-state index contributed by atoms with van der Waals surface area (Å²) in [6.45, 7) is 4.17. The van der Waals surface area contributed by atoms with Crippen molar-refractivity contribution in [2.45, 2.75) is 12.8 Å². The minimum absolute atomic E-state index is 0.0158. The zero-order valence-electron chi connectivity index (χ0n) is 24.3. The first-order valence-electron chi connectivity index (χ1n) is 13.9. The molecule has 6 rings (SSSR count). The summed E-state index contributed by atoms with van der Waals surface area (Å²) in [7, 11) is 1.00. The summed E-state index contributed by atoms with van der Waals surface area (Å²) >= 11 is 1.23. The Labute approximate surface area is 256 Å². The van der Waals surface area contributed by atoms with Gasteiger partial charge in [-0.2, -0.15) is 5.10 Å². The van der Waals surface area contributed by atoms with Crippen LogP contribution in [-0.2, 0) is 0 Å². The van der Waals surface area contributed by atoms with Crippen molar-refractivity contribution in [3.05, 3.63) is 78.3 Å². The van der Waals surface area contributed by atoms with E-state index in [1.165, 1.54) is 35.1 Å². The molecule has 0 radical (unpaired) electrons. The molecular weight excluding hydrogens is 604 g/mol. The summed E-state index contributed by atoms with van der Waals surface area (Å²) in [5.74, 6) is -3.38. The Bertz CT molecular complexity index is 1510. The zero-order chi connectivity index (χ0) is 31.6. The van der Waals surface area contributed by atoms with Crippen molar-refractivity contribution in [2.24, 2.45) is 0 Å². The number of nitrogens with one attached hydrogen (secondary N) is 2. The van der Waals surface area contributed by atoms with Crippen molar-refractivity contribution in [1.29, 1.82) is 0 Å². The van der Waals surface area contributed by atoms with Crippen LogP contribution in [0.5, 0.6) is 0 Å². The Hall–Kier alpha value is -3.75. The van der Waals surface area contributed by atoms with Crippen LogP contribution in [0.15, 0.2) is 55.0 Å². The molecule has 7 nitrogen and oxygen atoms in total. The third-order valence-electron chi connectivity index (χ3n) is 7.09. The van der Waals surface area contributed by atoms with E-state index in [2.05, 4.69) is 20.1 Å². The molecule has 0 amide bonds. The van der Waals surface area contributed by atoms with E-state index in [9.17, 15) is 13.2 Å². The first kappa shape index (κ1) is 33.1. The van der Waals surface area contributed by atoms with Crippen molar-refractivity contribution >= 4 is 23.5 Å². The van der Waals surface area contributed by atoms with Gasteiger partial charge in [0.15, 0.2) is 17.5 Å². The number of pyridine rings is 1. The summed E-state index contributed by atoms with van der Waals surface area (Å²) in [6.07, 6.45) is 6.58. The van der Waals surface area contributed by atoms with Gasteiger partial charge in [0, 0.05) is 92.7 Å². The fourth-order valence-electron chi connectivity index (χ4n) is 5.03. The lowest BCUT2D eigenvalue weighted by Crippen LogP contribution is -2.44. The molecule has 0 atom stereocenters. The normalized spacial score (nSPS) is 14.9. The average molecular weight is 638 g/mol. The summed E-state index contributed by atoms with van der Waals surface area (Å²) in [5, 5.41) is 7.70. The number of aromatic nitrogens is 3. The molecule has 2 aromatic carbocycles. The monoisotopic (exact) mass is 637 g/mol. The van der Waals surface area contributed by atoms with Crippen molar-refractivity contribution in [3.8, 4) is 28.1 Å². The number of rotatable bonds is 7. The second-order valence-electron chi connectivity index (χ2n) is 9.69. The topological polar surface area (TPSA) is 61.2 Å². The Kier molecular flexibility index (Phi) is 11.9. The summed E-state index contributed by atoms with van der Waals surface area (Å²) in [5.41, 5.74) is 1.02. The van der Waals surface area contributed by atoms with Crippen molar-refractivity contribution in [2.75, 3.05) is 63.2 Å². The molecule has 4 heterocycles. The summed E-state index contributed by atoms with van der Waals surface area (Å²) < 4.78 is 86.5. The second-order valence-corrected chi connectivity index (χ2v) is 10.6. The molecule has 2 fully saturated rings. The Morgan fingerprint density at radius 1 is 0.773 bits per heavy atom. The van der Waals surface area contributed by atoms with Crippen LogP contribution in [0.25, 0.3) is 28.1 Å². The molecule has 0 spiro atoms. The third-order valence-corrected chi connectivity index (χ3v) is 8.03. The highest BCUT2D eigenvalue weighted by atomic mass is 32.2. The molecule has 2 N–H and O–H groups in total. The number of hydrogen-bond acceptors (Lipinski definition) is 7. The molecule has 2 saturated heterocycles. The summed E-state index contributed by atoms with van der Waals surface area (Å²) in [6, 6.07) is 8.48. The van der Waals surface area contributed by atoms with Gasteiger partial charge in [-0.25, -0.2) is 26.5 Å². The number of nitrogens with zero attached hydrogens (tertiary/aromatic N) is 5. The van der Waals surface area contributed by atoms with Crippen LogP contribution in [-0.4, -0.2) is 72.7 Å². The van der Waals surface area contributed by atoms with Gasteiger partial charge in [-0.05, 0) is 43.2 Å². The van der Waals surface area contributed by atoms with E-state index in [1.54, 1.807) is 29.4 Å². The Balaban J connectivity index is 0.00000106. The molecular formula is C30H33F6N7S. The zero-order valence-corrected chi connectivity index (χ0v) is 25.1. The smallest absolute Gasteiger partial charge is 0.186 e. The van der Waals surface area contributed by atoms with Gasteiger partial charge in [-0.1, -0.05) is 0 Å². The van der Waals surface area contributed by atoms with E-state index >= 15 is 13.2 Å². The maximum absolute atomic E-state index is 15.9. The van der Waals surface area contributed by atoms with Crippen molar-refractivity contribution < 1.29 is 26.3 Å². The fourth-order valence-corrected chi connectivity index (χ4v) is 5.84. The van der Waals surface area contributed by atoms with Gasteiger partial charge < -0.3 is 14.9 Å². The quantitative estimate of drug-likeness (QED) is 0.171. The molecule has 0 saturated carbocycles. The van der Waals surface area contributed by atoms with Gasteiger partial charge in [0.1, 0.15) is 17.2 Å². The van der Waals surface area contributed by atoms with E-state index < -0.39 is 23.3 Å². The van der Waals surface area contributed by atoms with Gasteiger partial charge >= 0.3 is 0 Å². The first-order valence-corrected chi connectivity index (χ1v) is 14.6. The molecule has 236 valence electrons. The molecule has 2 aliphatic rings. The van der Waals surface area contributed by atoms with Crippen molar-refractivity contribution in [1.82, 2.24) is 24.4 Å². The van der Waals surface area contributed by atoms with Crippen LogP contribution < -0.4 is 14.9 Å². The molecule has 2 aromatic heterocycles. The molecule has 0 unspecified atom stereocenters. The van der Waals surface area contributed by atoms with E-state index in [4.69, 9.17) is 0 Å². The fraction of sp³-hybridized carbons (Fsp3) is 0.333. The largest absolute Gasteiger partial charge is 0.367 e. The van der Waals surface area contributed by atoms with Crippen LogP contribution in [0.3, 0.4) is 0 Å². The van der Waals surface area contributed by atoms with E-state index in [1.807, 2.05) is 4.31 Å². The lowest BCUT2D eigenvalue weighted by atomic mass is 10.0. The van der Waals surface area contributed by atoms with Gasteiger partial charge in [-0.3, -0.25) is 13.8 Å². The number of anilines is 2. The van der Waals surface area contributed by atoms with Crippen LogP contribution in [0.2, 0.25) is 0 Å². The molecule has 0 aliphatic carbocycles. The standard InChI is InChI=1S/C28H27F4N7S.2CH3F/c29-19-15-20(25(30)22(16-19)36-40-38-11-1-2-12-38)21-17-39(35-28(21)18-5-7-33-8-6-18)24-4-3-23(26(31)27(24)32)37-13-9-34-10-14-37;2*1-2/h3-8,15-17,34,36H,1-2,9-14H2;2*1H3. The van der Waals surface area contributed by atoms with E-state index in [0.717, 1.165) is 38.1 Å². The minimum Gasteiger partial charge on any atom is -0.367 e. The molecule has 2 aliphatic heterocycles.